The van der Waals surface area contributed by atoms with Gasteiger partial charge in [0.1, 0.15) is 0 Å². The van der Waals surface area contributed by atoms with E-state index in [1.807, 2.05) is 14.0 Å². The van der Waals surface area contributed by atoms with E-state index >= 15 is 0 Å². The van der Waals surface area contributed by atoms with Gasteiger partial charge >= 0.3 is 0 Å². The van der Waals surface area contributed by atoms with Gasteiger partial charge in [-0.3, -0.25) is 0 Å². The first-order valence-corrected chi connectivity index (χ1v) is 5.70. The Labute approximate surface area is 99.6 Å². The van der Waals surface area contributed by atoms with Crippen LogP contribution < -0.4 is 4.90 Å². The Hall–Kier alpha value is -1.01. The summed E-state index contributed by atoms with van der Waals surface area (Å²) < 4.78 is 1.08. The van der Waals surface area contributed by atoms with Crippen molar-refractivity contribution in [3.63, 3.8) is 0 Å². The maximum Gasteiger partial charge on any atom is 0.0671 e. The van der Waals surface area contributed by atoms with Crippen LogP contribution in [0.25, 0.3) is 0 Å². The zero-order chi connectivity index (χ0) is 11.4. The van der Waals surface area contributed by atoms with Gasteiger partial charge in [-0.15, -0.1) is 0 Å². The first kappa shape index (κ1) is 12.1. The molecule has 0 N–H and O–H groups in total. The fourth-order valence-electron chi connectivity index (χ4n) is 1.47. The van der Waals surface area contributed by atoms with E-state index in [0.29, 0.717) is 0 Å². The van der Waals surface area contributed by atoms with Crippen LogP contribution in [0.4, 0.5) is 5.69 Å². The second-order valence-corrected chi connectivity index (χ2v) is 4.72. The molecule has 0 bridgehead atoms. The summed E-state index contributed by atoms with van der Waals surface area (Å²) in [6.45, 7) is 4.74. The molecule has 0 fully saturated rings. The summed E-state index contributed by atoms with van der Waals surface area (Å²) in [6, 6.07) is 8.48. The van der Waals surface area contributed by atoms with Gasteiger partial charge in [-0.1, -0.05) is 6.07 Å². The van der Waals surface area contributed by atoms with Gasteiger partial charge in [0, 0.05) is 18.1 Å². The summed E-state index contributed by atoms with van der Waals surface area (Å²) in [5.74, 6) is 0.0446. The van der Waals surface area contributed by atoms with Gasteiger partial charge < -0.3 is 4.90 Å². The van der Waals surface area contributed by atoms with Crippen molar-refractivity contribution in [2.75, 3.05) is 18.5 Å². The third kappa shape index (κ3) is 3.24. The number of hydrogen-bond donors (Lipinski definition) is 0. The largest absolute Gasteiger partial charge is 0.372 e. The van der Waals surface area contributed by atoms with E-state index in [4.69, 9.17) is 5.26 Å². The topological polar surface area (TPSA) is 27.0 Å². The lowest BCUT2D eigenvalue weighted by Crippen LogP contribution is -2.23. The summed E-state index contributed by atoms with van der Waals surface area (Å²) in [7, 11) is 2.00. The minimum absolute atomic E-state index is 0.0446. The molecule has 0 aliphatic carbocycles. The highest BCUT2D eigenvalue weighted by molar-refractivity contribution is 9.10. The lowest BCUT2D eigenvalue weighted by atomic mass is 10.1. The molecule has 0 amide bonds. The Bertz CT molecular complexity index is 382. The van der Waals surface area contributed by atoms with E-state index in [0.717, 1.165) is 16.7 Å². The fourth-order valence-corrected chi connectivity index (χ4v) is 2.27. The van der Waals surface area contributed by atoms with E-state index in [-0.39, 0.29) is 5.92 Å². The normalized spacial score (nSPS) is 11.9. The molecule has 15 heavy (non-hydrogen) atoms. The van der Waals surface area contributed by atoms with Crippen LogP contribution >= 0.6 is 15.9 Å². The monoisotopic (exact) mass is 266 g/mol. The van der Waals surface area contributed by atoms with Crippen molar-refractivity contribution in [3.05, 3.63) is 28.2 Å². The molecule has 0 spiro atoms. The van der Waals surface area contributed by atoms with E-state index < -0.39 is 0 Å². The molecular formula is C12H15BrN2. The van der Waals surface area contributed by atoms with Gasteiger partial charge in [0.05, 0.1) is 17.7 Å². The van der Waals surface area contributed by atoms with Crippen molar-refractivity contribution in [3.8, 4) is 6.07 Å². The van der Waals surface area contributed by atoms with Crippen molar-refractivity contribution >= 4 is 21.6 Å². The highest BCUT2D eigenvalue weighted by Crippen LogP contribution is 2.26. The van der Waals surface area contributed by atoms with E-state index in [2.05, 4.69) is 52.0 Å². The van der Waals surface area contributed by atoms with Gasteiger partial charge in [0.2, 0.25) is 0 Å². The van der Waals surface area contributed by atoms with Gasteiger partial charge in [-0.2, -0.15) is 5.26 Å². The Balaban J connectivity index is 2.83. The highest BCUT2D eigenvalue weighted by atomic mass is 79.9. The Morgan fingerprint density at radius 2 is 2.20 bits per heavy atom. The number of rotatable bonds is 3. The van der Waals surface area contributed by atoms with E-state index in [9.17, 15) is 0 Å². The lowest BCUT2D eigenvalue weighted by molar-refractivity contribution is 0.715. The van der Waals surface area contributed by atoms with Crippen molar-refractivity contribution in [1.82, 2.24) is 0 Å². The maximum atomic E-state index is 8.76. The third-order valence-corrected chi connectivity index (χ3v) is 2.92. The Kier molecular flexibility index (Phi) is 4.16. The highest BCUT2D eigenvalue weighted by Gasteiger charge is 2.08. The van der Waals surface area contributed by atoms with E-state index in [1.165, 1.54) is 5.56 Å². The van der Waals surface area contributed by atoms with Crippen LogP contribution in [-0.4, -0.2) is 13.6 Å². The van der Waals surface area contributed by atoms with Crippen LogP contribution in [0.3, 0.4) is 0 Å². The first-order chi connectivity index (χ1) is 7.04. The minimum atomic E-state index is 0.0446. The summed E-state index contributed by atoms with van der Waals surface area (Å²) in [4.78, 5) is 2.09. The number of anilines is 1. The second kappa shape index (κ2) is 5.18. The van der Waals surface area contributed by atoms with Gasteiger partial charge in [0.25, 0.3) is 0 Å². The number of aryl methyl sites for hydroxylation is 1. The molecule has 0 radical (unpaired) electrons. The van der Waals surface area contributed by atoms with Gasteiger partial charge in [-0.05, 0) is 47.5 Å². The zero-order valence-corrected chi connectivity index (χ0v) is 10.9. The molecular weight excluding hydrogens is 252 g/mol. The molecule has 0 heterocycles. The quantitative estimate of drug-likeness (QED) is 0.839. The Morgan fingerprint density at radius 3 is 2.73 bits per heavy atom. The number of nitriles is 1. The van der Waals surface area contributed by atoms with Crippen molar-refractivity contribution in [2.45, 2.75) is 13.8 Å². The molecule has 0 aliphatic heterocycles. The summed E-state index contributed by atoms with van der Waals surface area (Å²) in [5.41, 5.74) is 2.36. The molecule has 0 aliphatic rings. The molecule has 1 unspecified atom stereocenters. The van der Waals surface area contributed by atoms with Crippen molar-refractivity contribution < 1.29 is 0 Å². The van der Waals surface area contributed by atoms with Gasteiger partial charge in [-0.25, -0.2) is 0 Å². The number of hydrogen-bond acceptors (Lipinski definition) is 2. The molecule has 3 heteroatoms. The van der Waals surface area contributed by atoms with Crippen molar-refractivity contribution in [2.24, 2.45) is 5.92 Å². The van der Waals surface area contributed by atoms with Crippen LogP contribution in [-0.2, 0) is 0 Å². The Morgan fingerprint density at radius 1 is 1.53 bits per heavy atom. The number of halogens is 1. The standard InChI is InChI=1S/C12H15BrN2/c1-9-4-5-12(11(13)6-9)15(3)8-10(2)7-14/h4-6,10H,8H2,1-3H3. The lowest BCUT2D eigenvalue weighted by Gasteiger charge is -2.22. The molecule has 0 saturated heterocycles. The molecule has 1 aromatic rings. The second-order valence-electron chi connectivity index (χ2n) is 3.87. The van der Waals surface area contributed by atoms with Gasteiger partial charge in [0.15, 0.2) is 0 Å². The van der Waals surface area contributed by atoms with E-state index in [1.54, 1.807) is 0 Å². The molecule has 80 valence electrons. The minimum Gasteiger partial charge on any atom is -0.372 e. The van der Waals surface area contributed by atoms with Crippen molar-refractivity contribution in [1.29, 1.82) is 5.26 Å². The van der Waals surface area contributed by atoms with Crippen LogP contribution in [0.5, 0.6) is 0 Å². The van der Waals surface area contributed by atoms with Crippen LogP contribution in [0.1, 0.15) is 12.5 Å². The SMILES string of the molecule is Cc1ccc(N(C)CC(C)C#N)c(Br)c1. The average Bonchev–Trinajstić information content (AvgIpc) is 2.17. The maximum absolute atomic E-state index is 8.76. The van der Waals surface area contributed by atoms with Crippen LogP contribution in [0.2, 0.25) is 0 Å². The number of benzene rings is 1. The molecule has 1 rings (SSSR count). The third-order valence-electron chi connectivity index (χ3n) is 2.28. The molecule has 1 aromatic carbocycles. The molecule has 1 atom stereocenters. The number of nitrogens with zero attached hydrogens (tertiary/aromatic N) is 2. The molecule has 0 saturated carbocycles. The average molecular weight is 267 g/mol. The fraction of sp³-hybridized carbons (Fsp3) is 0.417. The van der Waals surface area contributed by atoms with Crippen LogP contribution in [0, 0.1) is 24.2 Å². The molecule has 0 aromatic heterocycles. The summed E-state index contributed by atoms with van der Waals surface area (Å²) in [6.07, 6.45) is 0. The molecule has 2 nitrogen and oxygen atoms in total. The summed E-state index contributed by atoms with van der Waals surface area (Å²) >= 11 is 3.53. The summed E-state index contributed by atoms with van der Waals surface area (Å²) in [5, 5.41) is 8.76. The predicted molar refractivity (Wildman–Crippen MR) is 66.9 cm³/mol. The smallest absolute Gasteiger partial charge is 0.0671 e. The van der Waals surface area contributed by atoms with Crippen LogP contribution in [0.15, 0.2) is 22.7 Å². The predicted octanol–water partition coefficient (Wildman–Crippen LogP) is 3.35. The zero-order valence-electron chi connectivity index (χ0n) is 9.29. The first-order valence-electron chi connectivity index (χ1n) is 4.91.